The molecule has 0 aliphatic rings. The van der Waals surface area contributed by atoms with Gasteiger partial charge in [0.1, 0.15) is 11.6 Å². The van der Waals surface area contributed by atoms with Crippen LogP contribution in [0.5, 0.6) is 0 Å². The van der Waals surface area contributed by atoms with Crippen LogP contribution in [0.3, 0.4) is 0 Å². The van der Waals surface area contributed by atoms with E-state index in [0.717, 1.165) is 36.7 Å². The minimum atomic E-state index is -0.228. The van der Waals surface area contributed by atoms with Crippen LogP contribution < -0.4 is 5.73 Å². The molecule has 0 fully saturated rings. The molecule has 1 heterocycles. The summed E-state index contributed by atoms with van der Waals surface area (Å²) in [5.74, 6) is 2.26. The Balaban J connectivity index is 3.11. The number of rotatable bonds is 6. The molecule has 0 amide bonds. The summed E-state index contributed by atoms with van der Waals surface area (Å²) < 4.78 is 7.61. The average Bonchev–Trinajstić information content (AvgIpc) is 2.58. The average molecular weight is 253 g/mol. The Kier molecular flexibility index (Phi) is 4.79. The summed E-state index contributed by atoms with van der Waals surface area (Å²) in [4.78, 5) is 4.72. The van der Waals surface area contributed by atoms with E-state index < -0.39 is 0 Å². The van der Waals surface area contributed by atoms with Gasteiger partial charge in [-0.25, -0.2) is 4.98 Å². The predicted octanol–water partition coefficient (Wildman–Crippen LogP) is 2.97. The lowest BCUT2D eigenvalue weighted by atomic mass is 10.0. The third-order valence-corrected chi connectivity index (χ3v) is 3.22. The van der Waals surface area contributed by atoms with Crippen molar-refractivity contribution in [2.45, 2.75) is 65.5 Å². The molecule has 2 N–H and O–H groups in total. The molecule has 4 nitrogen and oxygen atoms in total. The first-order valence-corrected chi connectivity index (χ1v) is 6.72. The lowest BCUT2D eigenvalue weighted by molar-refractivity contribution is 0.0226. The summed E-state index contributed by atoms with van der Waals surface area (Å²) in [6.45, 7) is 11.5. The van der Waals surface area contributed by atoms with Gasteiger partial charge in [0.2, 0.25) is 0 Å². The van der Waals surface area contributed by atoms with Gasteiger partial charge in [-0.05, 0) is 20.3 Å². The molecule has 1 rings (SSSR count). The van der Waals surface area contributed by atoms with Crippen molar-refractivity contribution in [2.75, 3.05) is 12.8 Å². The van der Waals surface area contributed by atoms with Crippen molar-refractivity contribution in [1.82, 2.24) is 9.55 Å². The van der Waals surface area contributed by atoms with Crippen LogP contribution in [0.2, 0.25) is 0 Å². The molecule has 1 aromatic heterocycles. The zero-order valence-electron chi connectivity index (χ0n) is 12.6. The van der Waals surface area contributed by atoms with Gasteiger partial charge in [0.05, 0.1) is 11.3 Å². The van der Waals surface area contributed by atoms with E-state index in [4.69, 9.17) is 15.5 Å². The molecule has 0 unspecified atom stereocenters. The quantitative estimate of drug-likeness (QED) is 0.848. The van der Waals surface area contributed by atoms with Gasteiger partial charge in [-0.15, -0.1) is 0 Å². The molecular weight excluding hydrogens is 226 g/mol. The fourth-order valence-corrected chi connectivity index (χ4v) is 2.04. The molecule has 0 saturated carbocycles. The molecule has 1 aromatic rings. The Morgan fingerprint density at radius 2 is 2.00 bits per heavy atom. The highest BCUT2D eigenvalue weighted by Gasteiger charge is 2.24. The molecular formula is C14H27N3O. The molecule has 0 aliphatic carbocycles. The molecule has 0 atom stereocenters. The molecule has 0 aliphatic heterocycles. The first-order valence-electron chi connectivity index (χ1n) is 6.72. The summed E-state index contributed by atoms with van der Waals surface area (Å²) in [5, 5.41) is 0. The SMILES string of the molecule is CCCn1c(C(C)C)nc(CC(C)(C)OC)c1N. The minimum Gasteiger partial charge on any atom is -0.384 e. The normalized spacial score (nSPS) is 12.4. The zero-order valence-corrected chi connectivity index (χ0v) is 12.6. The summed E-state index contributed by atoms with van der Waals surface area (Å²) in [7, 11) is 1.72. The number of imidazole rings is 1. The topological polar surface area (TPSA) is 53.1 Å². The highest BCUT2D eigenvalue weighted by Crippen LogP contribution is 2.25. The summed E-state index contributed by atoms with van der Waals surface area (Å²) in [6.07, 6.45) is 1.80. The van der Waals surface area contributed by atoms with E-state index in [1.165, 1.54) is 0 Å². The summed E-state index contributed by atoms with van der Waals surface area (Å²) >= 11 is 0. The minimum absolute atomic E-state index is 0.228. The number of methoxy groups -OCH3 is 1. The van der Waals surface area contributed by atoms with E-state index in [1.54, 1.807) is 7.11 Å². The molecule has 0 aromatic carbocycles. The Bertz CT molecular complexity index is 394. The molecule has 0 bridgehead atoms. The Morgan fingerprint density at radius 1 is 1.39 bits per heavy atom. The number of hydrogen-bond donors (Lipinski definition) is 1. The highest BCUT2D eigenvalue weighted by molar-refractivity contribution is 5.39. The summed E-state index contributed by atoms with van der Waals surface area (Å²) in [6, 6.07) is 0. The highest BCUT2D eigenvalue weighted by atomic mass is 16.5. The smallest absolute Gasteiger partial charge is 0.126 e. The standard InChI is InChI=1S/C14H27N3O/c1-7-8-17-12(15)11(9-14(4,5)18-6)16-13(17)10(2)3/h10H,7-9,15H2,1-6H3. The number of anilines is 1. The van der Waals surface area contributed by atoms with Crippen LogP contribution in [0.25, 0.3) is 0 Å². The number of ether oxygens (including phenoxy) is 1. The van der Waals surface area contributed by atoms with Gasteiger partial charge in [-0.1, -0.05) is 20.8 Å². The van der Waals surface area contributed by atoms with Gasteiger partial charge < -0.3 is 15.0 Å². The predicted molar refractivity (Wildman–Crippen MR) is 75.8 cm³/mol. The van der Waals surface area contributed by atoms with E-state index in [0.29, 0.717) is 5.92 Å². The second-order valence-electron chi connectivity index (χ2n) is 5.75. The second kappa shape index (κ2) is 5.74. The number of aromatic nitrogens is 2. The van der Waals surface area contributed by atoms with Crippen molar-refractivity contribution < 1.29 is 4.74 Å². The van der Waals surface area contributed by atoms with Crippen molar-refractivity contribution in [1.29, 1.82) is 0 Å². The van der Waals surface area contributed by atoms with Crippen LogP contribution in [0.4, 0.5) is 5.82 Å². The third kappa shape index (κ3) is 3.25. The number of nitrogens with zero attached hydrogens (tertiary/aromatic N) is 2. The fourth-order valence-electron chi connectivity index (χ4n) is 2.04. The lowest BCUT2D eigenvalue weighted by Gasteiger charge is -2.21. The fraction of sp³-hybridized carbons (Fsp3) is 0.786. The molecule has 0 saturated heterocycles. The van der Waals surface area contributed by atoms with Gasteiger partial charge in [0.15, 0.2) is 0 Å². The molecule has 0 radical (unpaired) electrons. The second-order valence-corrected chi connectivity index (χ2v) is 5.75. The van der Waals surface area contributed by atoms with Crippen molar-refractivity contribution in [3.8, 4) is 0 Å². The van der Waals surface area contributed by atoms with Crippen LogP contribution in [0, 0.1) is 0 Å². The zero-order chi connectivity index (χ0) is 13.9. The van der Waals surface area contributed by atoms with Gasteiger partial charge in [0.25, 0.3) is 0 Å². The van der Waals surface area contributed by atoms with Gasteiger partial charge in [0, 0.05) is 26.0 Å². The van der Waals surface area contributed by atoms with Crippen LogP contribution in [0.15, 0.2) is 0 Å². The maximum absolute atomic E-state index is 6.23. The van der Waals surface area contributed by atoms with Crippen molar-refractivity contribution in [2.24, 2.45) is 0 Å². The van der Waals surface area contributed by atoms with Crippen molar-refractivity contribution in [3.05, 3.63) is 11.5 Å². The van der Waals surface area contributed by atoms with E-state index in [9.17, 15) is 0 Å². The van der Waals surface area contributed by atoms with Crippen molar-refractivity contribution >= 4 is 5.82 Å². The monoisotopic (exact) mass is 253 g/mol. The molecule has 0 spiro atoms. The van der Waals surface area contributed by atoms with E-state index in [1.807, 2.05) is 0 Å². The largest absolute Gasteiger partial charge is 0.384 e. The molecule has 18 heavy (non-hydrogen) atoms. The van der Waals surface area contributed by atoms with E-state index >= 15 is 0 Å². The number of nitrogens with two attached hydrogens (primary N) is 1. The van der Waals surface area contributed by atoms with Crippen molar-refractivity contribution in [3.63, 3.8) is 0 Å². The van der Waals surface area contributed by atoms with Crippen LogP contribution in [-0.4, -0.2) is 22.3 Å². The van der Waals surface area contributed by atoms with E-state index in [2.05, 4.69) is 39.2 Å². The van der Waals surface area contributed by atoms with E-state index in [-0.39, 0.29) is 5.60 Å². The van der Waals surface area contributed by atoms with Gasteiger partial charge in [-0.3, -0.25) is 0 Å². The van der Waals surface area contributed by atoms with Gasteiger partial charge >= 0.3 is 0 Å². The van der Waals surface area contributed by atoms with Crippen LogP contribution in [0.1, 0.15) is 58.5 Å². The number of nitrogen functional groups attached to an aromatic ring is 1. The Hall–Kier alpha value is -1.03. The Morgan fingerprint density at radius 3 is 2.44 bits per heavy atom. The Labute approximate surface area is 111 Å². The van der Waals surface area contributed by atoms with Gasteiger partial charge in [-0.2, -0.15) is 0 Å². The van der Waals surface area contributed by atoms with Crippen LogP contribution in [-0.2, 0) is 17.7 Å². The maximum Gasteiger partial charge on any atom is 0.126 e. The first-order chi connectivity index (χ1) is 8.32. The third-order valence-electron chi connectivity index (χ3n) is 3.22. The lowest BCUT2D eigenvalue weighted by Crippen LogP contribution is -2.26. The summed E-state index contributed by atoms with van der Waals surface area (Å²) in [5.41, 5.74) is 6.96. The molecule has 4 heteroatoms. The van der Waals surface area contributed by atoms with Crippen LogP contribution >= 0.6 is 0 Å². The first kappa shape index (κ1) is 15.0. The maximum atomic E-state index is 6.23. The molecule has 104 valence electrons. The number of hydrogen-bond acceptors (Lipinski definition) is 3.